The Labute approximate surface area is 127 Å². The number of aryl methyl sites for hydroxylation is 1. The molecule has 0 aliphatic heterocycles. The van der Waals surface area contributed by atoms with E-state index in [0.717, 1.165) is 24.8 Å². The minimum absolute atomic E-state index is 0.158. The van der Waals surface area contributed by atoms with Crippen LogP contribution in [0, 0.1) is 0 Å². The van der Waals surface area contributed by atoms with Crippen molar-refractivity contribution in [3.8, 4) is 0 Å². The first kappa shape index (κ1) is 17.4. The van der Waals surface area contributed by atoms with E-state index in [1.54, 1.807) is 0 Å². The number of aliphatic carboxylic acids is 1. The molecule has 3 nitrogen and oxygen atoms in total. The lowest BCUT2D eigenvalue weighted by Gasteiger charge is -2.04. The second kappa shape index (κ2) is 10.1. The van der Waals surface area contributed by atoms with Crippen molar-refractivity contribution in [2.45, 2.75) is 64.7 Å². The highest BCUT2D eigenvalue weighted by Crippen LogP contribution is 2.12. The molecule has 0 amide bonds. The molecular formula is C18H26O3. The molecule has 0 aliphatic rings. The van der Waals surface area contributed by atoms with Crippen LogP contribution in [0.2, 0.25) is 0 Å². The molecule has 0 saturated heterocycles. The van der Waals surface area contributed by atoms with Gasteiger partial charge in [0.25, 0.3) is 0 Å². The van der Waals surface area contributed by atoms with Gasteiger partial charge in [0.1, 0.15) is 0 Å². The Morgan fingerprint density at radius 1 is 0.905 bits per heavy atom. The minimum atomic E-state index is -0.764. The number of hydrogen-bond donors (Lipinski definition) is 1. The molecule has 0 bridgehead atoms. The maximum absolute atomic E-state index is 12.0. The second-order valence-electron chi connectivity index (χ2n) is 5.53. The molecule has 1 aromatic rings. The predicted molar refractivity (Wildman–Crippen MR) is 84.7 cm³/mol. The number of Topliss-reactive ketones (excluding diaryl/α,β-unsaturated/α-hetero) is 1. The number of benzene rings is 1. The molecule has 116 valence electrons. The Morgan fingerprint density at radius 2 is 1.57 bits per heavy atom. The number of hydrogen-bond acceptors (Lipinski definition) is 2. The van der Waals surface area contributed by atoms with Crippen LogP contribution in [-0.4, -0.2) is 16.9 Å². The van der Waals surface area contributed by atoms with Gasteiger partial charge in [-0.1, -0.05) is 50.5 Å². The summed E-state index contributed by atoms with van der Waals surface area (Å²) in [6.07, 6.45) is 7.67. The normalized spacial score (nSPS) is 10.5. The SMILES string of the molecule is CCCCCc1ccc(C(=O)CCCCCC(=O)O)cc1. The molecule has 0 spiro atoms. The van der Waals surface area contributed by atoms with Gasteiger partial charge < -0.3 is 5.11 Å². The molecule has 0 unspecified atom stereocenters. The van der Waals surface area contributed by atoms with Crippen molar-refractivity contribution < 1.29 is 14.7 Å². The Kier molecular flexibility index (Phi) is 8.41. The van der Waals surface area contributed by atoms with E-state index in [1.807, 2.05) is 24.3 Å². The molecule has 3 heteroatoms. The molecule has 0 heterocycles. The van der Waals surface area contributed by atoms with Crippen molar-refractivity contribution in [3.05, 3.63) is 35.4 Å². The van der Waals surface area contributed by atoms with Crippen LogP contribution < -0.4 is 0 Å². The summed E-state index contributed by atoms with van der Waals surface area (Å²) < 4.78 is 0. The lowest BCUT2D eigenvalue weighted by atomic mass is 10.0. The average Bonchev–Trinajstić information content (AvgIpc) is 2.47. The molecule has 21 heavy (non-hydrogen) atoms. The first-order chi connectivity index (χ1) is 10.1. The Balaban J connectivity index is 2.29. The van der Waals surface area contributed by atoms with Crippen molar-refractivity contribution in [3.63, 3.8) is 0 Å². The number of carboxylic acids is 1. The number of carboxylic acid groups (broad SMARTS) is 1. The highest BCUT2D eigenvalue weighted by molar-refractivity contribution is 5.96. The lowest BCUT2D eigenvalue weighted by molar-refractivity contribution is -0.137. The predicted octanol–water partition coefficient (Wildman–Crippen LogP) is 4.64. The Hall–Kier alpha value is -1.64. The van der Waals surface area contributed by atoms with Gasteiger partial charge in [0.2, 0.25) is 0 Å². The van der Waals surface area contributed by atoms with Gasteiger partial charge in [-0.3, -0.25) is 9.59 Å². The first-order valence-corrected chi connectivity index (χ1v) is 7.97. The van der Waals surface area contributed by atoms with Gasteiger partial charge in [-0.05, 0) is 31.2 Å². The molecule has 1 rings (SSSR count). The van der Waals surface area contributed by atoms with E-state index < -0.39 is 5.97 Å². The lowest BCUT2D eigenvalue weighted by Crippen LogP contribution is -2.00. The Morgan fingerprint density at radius 3 is 2.19 bits per heavy atom. The standard InChI is InChI=1S/C18H26O3/c1-2-3-5-8-15-11-13-16(14-12-15)17(19)9-6-4-7-10-18(20)21/h11-14H,2-10H2,1H3,(H,20,21). The maximum Gasteiger partial charge on any atom is 0.303 e. The number of rotatable bonds is 11. The first-order valence-electron chi connectivity index (χ1n) is 7.97. The third kappa shape index (κ3) is 7.64. The van der Waals surface area contributed by atoms with E-state index >= 15 is 0 Å². The van der Waals surface area contributed by atoms with Gasteiger partial charge in [-0.25, -0.2) is 0 Å². The fourth-order valence-electron chi connectivity index (χ4n) is 2.32. The van der Waals surface area contributed by atoms with E-state index in [2.05, 4.69) is 6.92 Å². The van der Waals surface area contributed by atoms with Gasteiger partial charge >= 0.3 is 5.97 Å². The molecular weight excluding hydrogens is 264 g/mol. The smallest absolute Gasteiger partial charge is 0.303 e. The number of carbonyl (C=O) groups excluding carboxylic acids is 1. The van der Waals surface area contributed by atoms with Crippen LogP contribution in [0.3, 0.4) is 0 Å². The summed E-state index contributed by atoms with van der Waals surface area (Å²) in [7, 11) is 0. The highest BCUT2D eigenvalue weighted by atomic mass is 16.4. The summed E-state index contributed by atoms with van der Waals surface area (Å²) in [5.74, 6) is -0.606. The van der Waals surface area contributed by atoms with Crippen LogP contribution in [0.1, 0.15) is 74.2 Å². The summed E-state index contributed by atoms with van der Waals surface area (Å²) in [6, 6.07) is 7.93. The van der Waals surface area contributed by atoms with Crippen LogP contribution in [0.25, 0.3) is 0 Å². The van der Waals surface area contributed by atoms with Crippen molar-refractivity contribution in [2.24, 2.45) is 0 Å². The zero-order valence-electron chi connectivity index (χ0n) is 12.9. The third-order valence-corrected chi connectivity index (χ3v) is 3.64. The van der Waals surface area contributed by atoms with Crippen LogP contribution in [0.4, 0.5) is 0 Å². The summed E-state index contributed by atoms with van der Waals surface area (Å²) in [5, 5.41) is 8.54. The quantitative estimate of drug-likeness (QED) is 0.477. The largest absolute Gasteiger partial charge is 0.481 e. The van der Waals surface area contributed by atoms with E-state index in [-0.39, 0.29) is 12.2 Å². The molecule has 0 fully saturated rings. The fourth-order valence-corrected chi connectivity index (χ4v) is 2.32. The maximum atomic E-state index is 12.0. The van der Waals surface area contributed by atoms with Crippen molar-refractivity contribution >= 4 is 11.8 Å². The zero-order valence-corrected chi connectivity index (χ0v) is 12.9. The fraction of sp³-hybridized carbons (Fsp3) is 0.556. The van der Waals surface area contributed by atoms with E-state index in [9.17, 15) is 9.59 Å². The molecule has 1 N–H and O–H groups in total. The summed E-state index contributed by atoms with van der Waals surface area (Å²) in [4.78, 5) is 22.4. The topological polar surface area (TPSA) is 54.4 Å². The summed E-state index contributed by atoms with van der Waals surface area (Å²) in [6.45, 7) is 2.19. The van der Waals surface area contributed by atoms with Gasteiger partial charge in [-0.15, -0.1) is 0 Å². The molecule has 0 aromatic heterocycles. The van der Waals surface area contributed by atoms with Crippen molar-refractivity contribution in [2.75, 3.05) is 0 Å². The molecule has 0 atom stereocenters. The van der Waals surface area contributed by atoms with Crippen molar-refractivity contribution in [1.82, 2.24) is 0 Å². The average molecular weight is 290 g/mol. The van der Waals surface area contributed by atoms with E-state index in [1.165, 1.54) is 24.8 Å². The number of carbonyl (C=O) groups is 2. The Bertz CT molecular complexity index is 434. The third-order valence-electron chi connectivity index (χ3n) is 3.64. The van der Waals surface area contributed by atoms with Crippen LogP contribution in [-0.2, 0) is 11.2 Å². The summed E-state index contributed by atoms with van der Waals surface area (Å²) in [5.41, 5.74) is 2.06. The van der Waals surface area contributed by atoms with E-state index in [4.69, 9.17) is 5.11 Å². The van der Waals surface area contributed by atoms with Crippen LogP contribution >= 0.6 is 0 Å². The zero-order chi connectivity index (χ0) is 15.5. The minimum Gasteiger partial charge on any atom is -0.481 e. The summed E-state index contributed by atoms with van der Waals surface area (Å²) >= 11 is 0. The molecule has 0 radical (unpaired) electrons. The van der Waals surface area contributed by atoms with Crippen LogP contribution in [0.15, 0.2) is 24.3 Å². The van der Waals surface area contributed by atoms with Gasteiger partial charge in [0.15, 0.2) is 5.78 Å². The van der Waals surface area contributed by atoms with Gasteiger partial charge in [0, 0.05) is 18.4 Å². The monoisotopic (exact) mass is 290 g/mol. The molecule has 0 aliphatic carbocycles. The number of ketones is 1. The second-order valence-corrected chi connectivity index (χ2v) is 5.53. The van der Waals surface area contributed by atoms with Crippen molar-refractivity contribution in [1.29, 1.82) is 0 Å². The van der Waals surface area contributed by atoms with E-state index in [0.29, 0.717) is 12.8 Å². The molecule has 1 aromatic carbocycles. The van der Waals surface area contributed by atoms with Crippen LogP contribution in [0.5, 0.6) is 0 Å². The van der Waals surface area contributed by atoms with Gasteiger partial charge in [0.05, 0.1) is 0 Å². The highest BCUT2D eigenvalue weighted by Gasteiger charge is 2.06. The van der Waals surface area contributed by atoms with Gasteiger partial charge in [-0.2, -0.15) is 0 Å². The number of unbranched alkanes of at least 4 members (excludes halogenated alkanes) is 4. The molecule has 0 saturated carbocycles.